The van der Waals surface area contributed by atoms with Gasteiger partial charge in [-0.25, -0.2) is 0 Å². The van der Waals surface area contributed by atoms with Gasteiger partial charge in [0.1, 0.15) is 0 Å². The molecule has 0 N–H and O–H groups in total. The molecule has 3 heteroatoms. The summed E-state index contributed by atoms with van der Waals surface area (Å²) >= 11 is 0. The largest absolute Gasteiger partial charge is 0.179 e. The maximum atomic E-state index is 2.52. The van der Waals surface area contributed by atoms with E-state index in [1.165, 1.54) is 62.2 Å². The van der Waals surface area contributed by atoms with Crippen molar-refractivity contribution in [2.75, 3.05) is 0 Å². The Balaban J connectivity index is 1.58. The van der Waals surface area contributed by atoms with Crippen LogP contribution in [0.1, 0.15) is 0 Å². The van der Waals surface area contributed by atoms with Gasteiger partial charge in [-0.2, -0.15) is 0 Å². The quantitative estimate of drug-likeness (QED) is 0.223. The lowest BCUT2D eigenvalue weighted by Crippen LogP contribution is -2.85. The first-order chi connectivity index (χ1) is 28.3. The zero-order valence-electron chi connectivity index (χ0n) is 31.7. The van der Waals surface area contributed by atoms with Crippen LogP contribution in [0.2, 0.25) is 0 Å². The van der Waals surface area contributed by atoms with E-state index in [2.05, 4.69) is 255 Å². The minimum Gasteiger partial charge on any atom is -0.0624 e. The standard InChI is InChI=1S/C54H42Si3/c1-7-25-43(26-8-1)55(44-27-9-2-10-28-44)49-37-19-21-39-51(49)56(45-29-11-3-12-30-45,46-31-13-4-14-32-46)53-41-23-24-42-54(53)57(47-33-15-5-16-34-47,48-35-17-6-18-36-48)52-40-22-20-38-50(52)55/h1-42H. The van der Waals surface area contributed by atoms with Crippen molar-refractivity contribution in [2.45, 2.75) is 0 Å². The zero-order valence-corrected chi connectivity index (χ0v) is 34.7. The van der Waals surface area contributed by atoms with Crippen LogP contribution in [0, 0.1) is 0 Å². The van der Waals surface area contributed by atoms with Gasteiger partial charge in [0, 0.05) is 0 Å². The molecule has 0 aliphatic carbocycles. The van der Waals surface area contributed by atoms with Crippen LogP contribution in [0.15, 0.2) is 255 Å². The normalized spacial score (nSPS) is 14.7. The lowest BCUT2D eigenvalue weighted by Gasteiger charge is -2.41. The molecule has 0 aromatic heterocycles. The van der Waals surface area contributed by atoms with Crippen LogP contribution in [0.25, 0.3) is 0 Å². The van der Waals surface area contributed by atoms with Gasteiger partial charge in [-0.05, 0) is 62.2 Å². The monoisotopic (exact) mass is 774 g/mol. The van der Waals surface area contributed by atoms with E-state index >= 15 is 0 Å². The number of benzene rings is 9. The molecule has 9 aromatic rings. The van der Waals surface area contributed by atoms with Crippen LogP contribution in [0.3, 0.4) is 0 Å². The molecular weight excluding hydrogens is 733 g/mol. The summed E-state index contributed by atoms with van der Waals surface area (Å²) in [5.74, 6) is 0. The molecule has 0 saturated heterocycles. The van der Waals surface area contributed by atoms with Gasteiger partial charge in [-0.3, -0.25) is 0 Å². The van der Waals surface area contributed by atoms with E-state index < -0.39 is 24.2 Å². The maximum absolute atomic E-state index is 3.17. The highest BCUT2D eigenvalue weighted by Gasteiger charge is 2.57. The van der Waals surface area contributed by atoms with Crippen molar-refractivity contribution in [2.24, 2.45) is 0 Å². The van der Waals surface area contributed by atoms with E-state index in [4.69, 9.17) is 0 Å². The summed E-state index contributed by atoms with van der Waals surface area (Å²) in [5.41, 5.74) is 0. The fourth-order valence-corrected chi connectivity index (χ4v) is 28.5. The molecule has 0 radical (unpaired) electrons. The summed E-state index contributed by atoms with van der Waals surface area (Å²) in [6.07, 6.45) is 0. The molecule has 0 saturated carbocycles. The van der Waals surface area contributed by atoms with E-state index in [0.29, 0.717) is 0 Å². The minimum absolute atomic E-state index is 1.40. The lowest BCUT2D eigenvalue weighted by atomic mass is 10.3. The molecule has 0 atom stereocenters. The predicted octanol–water partition coefficient (Wildman–Crippen LogP) is 4.13. The number of hydrogen-bond acceptors (Lipinski definition) is 0. The third kappa shape index (κ3) is 5.24. The Hall–Kier alpha value is -6.37. The van der Waals surface area contributed by atoms with E-state index in [1.807, 2.05) is 0 Å². The van der Waals surface area contributed by atoms with Gasteiger partial charge < -0.3 is 0 Å². The average molecular weight is 775 g/mol. The first-order valence-corrected chi connectivity index (χ1v) is 25.9. The first-order valence-electron chi connectivity index (χ1n) is 19.9. The lowest BCUT2D eigenvalue weighted by molar-refractivity contribution is 1.67. The number of rotatable bonds is 6. The van der Waals surface area contributed by atoms with Gasteiger partial charge in [0.15, 0.2) is 24.2 Å². The van der Waals surface area contributed by atoms with E-state index in [0.717, 1.165) is 0 Å². The van der Waals surface area contributed by atoms with Crippen LogP contribution < -0.4 is 62.2 Å². The fourth-order valence-electron chi connectivity index (χ4n) is 10.3. The predicted molar refractivity (Wildman–Crippen MR) is 251 cm³/mol. The molecule has 0 amide bonds. The van der Waals surface area contributed by atoms with E-state index in [1.54, 1.807) is 0 Å². The van der Waals surface area contributed by atoms with Crippen molar-refractivity contribution in [1.82, 2.24) is 0 Å². The highest BCUT2D eigenvalue weighted by molar-refractivity contribution is 7.33. The third-order valence-corrected chi connectivity index (χ3v) is 27.9. The van der Waals surface area contributed by atoms with Crippen molar-refractivity contribution < 1.29 is 0 Å². The Kier molecular flexibility index (Phi) is 8.99. The molecule has 10 rings (SSSR count). The zero-order chi connectivity index (χ0) is 38.1. The molecule has 0 fully saturated rings. The molecule has 57 heavy (non-hydrogen) atoms. The molecule has 0 bridgehead atoms. The molecule has 1 aliphatic rings. The molecule has 0 unspecified atom stereocenters. The van der Waals surface area contributed by atoms with E-state index in [9.17, 15) is 0 Å². The van der Waals surface area contributed by atoms with Crippen molar-refractivity contribution in [3.63, 3.8) is 0 Å². The minimum atomic E-state index is -3.17. The SMILES string of the molecule is c1ccc([Si]2(c3ccccc3)c3ccccc3[Si](c3ccccc3)(c3ccccc3)c3ccccc3[Si](c3ccccc3)(c3ccccc3)c3ccccc32)cc1. The van der Waals surface area contributed by atoms with Gasteiger partial charge in [0.25, 0.3) is 0 Å². The van der Waals surface area contributed by atoms with Gasteiger partial charge in [0.05, 0.1) is 0 Å². The number of fused-ring (bicyclic) bond motifs is 3. The van der Waals surface area contributed by atoms with Crippen LogP contribution in [-0.4, -0.2) is 24.2 Å². The summed E-state index contributed by atoms with van der Waals surface area (Å²) < 4.78 is 0. The molecular formula is C54H42Si3. The second kappa shape index (κ2) is 14.6. The van der Waals surface area contributed by atoms with E-state index in [-0.39, 0.29) is 0 Å². The highest BCUT2D eigenvalue weighted by atomic mass is 28.3. The van der Waals surface area contributed by atoms with Crippen molar-refractivity contribution in [1.29, 1.82) is 0 Å². The summed E-state index contributed by atoms with van der Waals surface area (Å²) in [4.78, 5) is 0. The van der Waals surface area contributed by atoms with Gasteiger partial charge in [-0.15, -0.1) is 0 Å². The summed E-state index contributed by atoms with van der Waals surface area (Å²) in [6, 6.07) is 98.4. The molecule has 270 valence electrons. The smallest absolute Gasteiger partial charge is 0.0624 e. The average Bonchev–Trinajstić information content (AvgIpc) is 3.33. The van der Waals surface area contributed by atoms with Crippen LogP contribution >= 0.6 is 0 Å². The molecule has 1 aliphatic heterocycles. The van der Waals surface area contributed by atoms with Crippen LogP contribution in [-0.2, 0) is 0 Å². The van der Waals surface area contributed by atoms with Crippen LogP contribution in [0.5, 0.6) is 0 Å². The highest BCUT2D eigenvalue weighted by Crippen LogP contribution is 2.19. The molecule has 0 nitrogen and oxygen atoms in total. The maximum Gasteiger partial charge on any atom is 0.179 e. The van der Waals surface area contributed by atoms with Crippen molar-refractivity contribution >= 4 is 86.5 Å². The first kappa shape index (κ1) is 35.1. The topological polar surface area (TPSA) is 0 Å². The molecule has 9 aromatic carbocycles. The Morgan fingerprint density at radius 2 is 0.263 bits per heavy atom. The van der Waals surface area contributed by atoms with Gasteiger partial charge in [-0.1, -0.05) is 255 Å². The summed E-state index contributed by atoms with van der Waals surface area (Å²) in [7, 11) is -9.51. The third-order valence-electron chi connectivity index (χ3n) is 12.4. The Morgan fingerprint density at radius 3 is 0.404 bits per heavy atom. The molecule has 1 heterocycles. The van der Waals surface area contributed by atoms with Gasteiger partial charge >= 0.3 is 0 Å². The second-order valence-corrected chi connectivity index (χ2v) is 26.3. The number of hydrogen-bond donors (Lipinski definition) is 0. The Labute approximate surface area is 339 Å². The van der Waals surface area contributed by atoms with Crippen molar-refractivity contribution in [3.05, 3.63) is 255 Å². The van der Waals surface area contributed by atoms with Crippen LogP contribution in [0.4, 0.5) is 0 Å². The summed E-state index contributed by atoms with van der Waals surface area (Å²) in [6.45, 7) is 0. The van der Waals surface area contributed by atoms with Crippen molar-refractivity contribution in [3.8, 4) is 0 Å². The second-order valence-electron chi connectivity index (χ2n) is 15.1. The fraction of sp³-hybridized carbons (Fsp3) is 0. The van der Waals surface area contributed by atoms with Gasteiger partial charge in [0.2, 0.25) is 0 Å². The molecule has 0 spiro atoms. The summed E-state index contributed by atoms with van der Waals surface area (Å²) in [5, 5.41) is 17.2. The Bertz CT molecular complexity index is 2270. The Morgan fingerprint density at radius 1 is 0.140 bits per heavy atom.